The van der Waals surface area contributed by atoms with Crippen LogP contribution in [-0.4, -0.2) is 17.9 Å². The largest absolute Gasteiger partial charge is 0.373 e. The van der Waals surface area contributed by atoms with Crippen LogP contribution in [0, 0.1) is 13.8 Å². The van der Waals surface area contributed by atoms with Crippen molar-refractivity contribution in [2.45, 2.75) is 26.3 Å². The van der Waals surface area contributed by atoms with Crippen LogP contribution in [0.1, 0.15) is 17.5 Å². The second-order valence-corrected chi connectivity index (χ2v) is 6.13. The highest BCUT2D eigenvalue weighted by molar-refractivity contribution is 6.30. The number of imide groups is 1. The Labute approximate surface area is 140 Å². The summed E-state index contributed by atoms with van der Waals surface area (Å²) in [4.78, 5) is 26.1. The van der Waals surface area contributed by atoms with Crippen molar-refractivity contribution in [1.82, 2.24) is 0 Å². The van der Waals surface area contributed by atoms with Crippen LogP contribution < -0.4 is 10.2 Å². The Balaban J connectivity index is 1.84. The summed E-state index contributed by atoms with van der Waals surface area (Å²) in [5.74, 6) is -0.446. The molecule has 1 aliphatic rings. The van der Waals surface area contributed by atoms with Gasteiger partial charge >= 0.3 is 0 Å². The number of hydrogen-bond acceptors (Lipinski definition) is 3. The molecule has 1 N–H and O–H groups in total. The smallest absolute Gasteiger partial charge is 0.256 e. The lowest BCUT2D eigenvalue weighted by molar-refractivity contribution is -0.121. The molecule has 0 bridgehead atoms. The van der Waals surface area contributed by atoms with Crippen LogP contribution in [0.25, 0.3) is 0 Å². The Morgan fingerprint density at radius 1 is 1.09 bits per heavy atom. The fourth-order valence-corrected chi connectivity index (χ4v) is 2.83. The number of aryl methyl sites for hydroxylation is 1. The fraction of sp³-hybridized carbons (Fsp3) is 0.222. The van der Waals surface area contributed by atoms with E-state index >= 15 is 0 Å². The highest BCUT2D eigenvalue weighted by Gasteiger charge is 2.39. The monoisotopic (exact) mass is 328 g/mol. The lowest BCUT2D eigenvalue weighted by Gasteiger charge is -2.17. The minimum absolute atomic E-state index is 0.148. The molecule has 118 valence electrons. The van der Waals surface area contributed by atoms with Gasteiger partial charge < -0.3 is 5.32 Å². The topological polar surface area (TPSA) is 49.4 Å². The van der Waals surface area contributed by atoms with Crippen LogP contribution in [0.5, 0.6) is 0 Å². The Morgan fingerprint density at radius 2 is 1.78 bits per heavy atom. The number of anilines is 2. The summed E-state index contributed by atoms with van der Waals surface area (Å²) in [6.45, 7) is 4.01. The fourth-order valence-electron chi connectivity index (χ4n) is 2.70. The van der Waals surface area contributed by atoms with Crippen LogP contribution in [0.4, 0.5) is 11.4 Å². The summed E-state index contributed by atoms with van der Waals surface area (Å²) in [6.07, 6.45) is 0.148. The van der Waals surface area contributed by atoms with Crippen molar-refractivity contribution >= 4 is 34.8 Å². The van der Waals surface area contributed by atoms with Crippen molar-refractivity contribution in [3.63, 3.8) is 0 Å². The van der Waals surface area contributed by atoms with E-state index in [1.165, 1.54) is 4.90 Å². The van der Waals surface area contributed by atoms with E-state index in [-0.39, 0.29) is 18.2 Å². The average molecular weight is 329 g/mol. The number of hydrogen-bond donors (Lipinski definition) is 1. The summed E-state index contributed by atoms with van der Waals surface area (Å²) in [7, 11) is 0. The standard InChI is InChI=1S/C18H17ClN2O2/c1-11-4-3-5-15(12(11)2)20-16-10-17(22)21(18(16)23)14-8-6-13(19)7-9-14/h3-9,16,20H,10H2,1-2H3/t16-/m1/s1. The van der Waals surface area contributed by atoms with E-state index in [9.17, 15) is 9.59 Å². The van der Waals surface area contributed by atoms with Gasteiger partial charge in [-0.2, -0.15) is 0 Å². The summed E-state index contributed by atoms with van der Waals surface area (Å²) in [6, 6.07) is 12.0. The molecule has 3 rings (SSSR count). The van der Waals surface area contributed by atoms with Gasteiger partial charge in [-0.3, -0.25) is 9.59 Å². The highest BCUT2D eigenvalue weighted by atomic mass is 35.5. The van der Waals surface area contributed by atoms with Gasteiger partial charge in [-0.25, -0.2) is 4.90 Å². The van der Waals surface area contributed by atoms with Crippen molar-refractivity contribution in [3.8, 4) is 0 Å². The molecule has 23 heavy (non-hydrogen) atoms. The van der Waals surface area contributed by atoms with Gasteiger partial charge in [-0.15, -0.1) is 0 Å². The molecule has 1 saturated heterocycles. The molecule has 1 fully saturated rings. The molecular weight excluding hydrogens is 312 g/mol. The summed E-state index contributed by atoms with van der Waals surface area (Å²) in [5.41, 5.74) is 3.66. The minimum atomic E-state index is -0.543. The molecule has 4 nitrogen and oxygen atoms in total. The van der Waals surface area contributed by atoms with Crippen molar-refractivity contribution < 1.29 is 9.59 Å². The van der Waals surface area contributed by atoms with E-state index in [1.807, 2.05) is 32.0 Å². The molecule has 2 amide bonds. The maximum absolute atomic E-state index is 12.6. The lowest BCUT2D eigenvalue weighted by Crippen LogP contribution is -2.34. The van der Waals surface area contributed by atoms with E-state index < -0.39 is 6.04 Å². The first kappa shape index (κ1) is 15.6. The van der Waals surface area contributed by atoms with Crippen LogP contribution in [0.3, 0.4) is 0 Å². The number of rotatable bonds is 3. The number of amides is 2. The normalized spacial score (nSPS) is 17.7. The predicted molar refractivity (Wildman–Crippen MR) is 91.9 cm³/mol. The molecule has 1 aliphatic heterocycles. The van der Waals surface area contributed by atoms with E-state index in [2.05, 4.69) is 5.32 Å². The van der Waals surface area contributed by atoms with Crippen LogP contribution in [0.2, 0.25) is 5.02 Å². The van der Waals surface area contributed by atoms with E-state index in [0.29, 0.717) is 10.7 Å². The molecule has 0 saturated carbocycles. The lowest BCUT2D eigenvalue weighted by atomic mass is 10.1. The van der Waals surface area contributed by atoms with Gasteiger partial charge in [0.2, 0.25) is 5.91 Å². The minimum Gasteiger partial charge on any atom is -0.373 e. The first-order chi connectivity index (χ1) is 11.0. The zero-order valence-corrected chi connectivity index (χ0v) is 13.7. The Morgan fingerprint density at radius 3 is 2.48 bits per heavy atom. The van der Waals surface area contributed by atoms with Crippen LogP contribution >= 0.6 is 11.6 Å². The Hall–Kier alpha value is -2.33. The maximum Gasteiger partial charge on any atom is 0.256 e. The van der Waals surface area contributed by atoms with Gasteiger partial charge in [0.15, 0.2) is 0 Å². The predicted octanol–water partition coefficient (Wildman–Crippen LogP) is 3.70. The first-order valence-corrected chi connectivity index (χ1v) is 7.80. The third-order valence-electron chi connectivity index (χ3n) is 4.17. The second kappa shape index (κ2) is 6.05. The third-order valence-corrected chi connectivity index (χ3v) is 4.42. The van der Waals surface area contributed by atoms with E-state index in [0.717, 1.165) is 16.8 Å². The van der Waals surface area contributed by atoms with Gasteiger partial charge in [0, 0.05) is 10.7 Å². The molecule has 2 aromatic carbocycles. The SMILES string of the molecule is Cc1cccc(N[C@@H]2CC(=O)N(c3ccc(Cl)cc3)C2=O)c1C. The number of carbonyl (C=O) groups is 2. The second-order valence-electron chi connectivity index (χ2n) is 5.69. The van der Waals surface area contributed by atoms with Crippen molar-refractivity contribution in [3.05, 3.63) is 58.6 Å². The summed E-state index contributed by atoms with van der Waals surface area (Å²) < 4.78 is 0. The van der Waals surface area contributed by atoms with Crippen LogP contribution in [0.15, 0.2) is 42.5 Å². The van der Waals surface area contributed by atoms with Gasteiger partial charge in [0.25, 0.3) is 5.91 Å². The number of halogens is 1. The summed E-state index contributed by atoms with van der Waals surface area (Å²) in [5, 5.41) is 3.77. The molecule has 2 aromatic rings. The molecule has 1 heterocycles. The van der Waals surface area contributed by atoms with E-state index in [1.54, 1.807) is 24.3 Å². The maximum atomic E-state index is 12.6. The number of carbonyl (C=O) groups excluding carboxylic acids is 2. The molecule has 0 aromatic heterocycles. The summed E-state index contributed by atoms with van der Waals surface area (Å²) >= 11 is 5.86. The zero-order chi connectivity index (χ0) is 16.6. The van der Waals surface area contributed by atoms with Crippen molar-refractivity contribution in [2.24, 2.45) is 0 Å². The number of nitrogens with zero attached hydrogens (tertiary/aromatic N) is 1. The van der Waals surface area contributed by atoms with Gasteiger partial charge in [-0.05, 0) is 55.3 Å². The average Bonchev–Trinajstić information content (AvgIpc) is 2.79. The van der Waals surface area contributed by atoms with Gasteiger partial charge in [0.1, 0.15) is 6.04 Å². The molecular formula is C18H17ClN2O2. The highest BCUT2D eigenvalue weighted by Crippen LogP contribution is 2.27. The van der Waals surface area contributed by atoms with Crippen LogP contribution in [-0.2, 0) is 9.59 Å². The molecule has 0 unspecified atom stereocenters. The molecule has 0 spiro atoms. The van der Waals surface area contributed by atoms with E-state index in [4.69, 9.17) is 11.6 Å². The Bertz CT molecular complexity index is 771. The molecule has 0 aliphatic carbocycles. The zero-order valence-electron chi connectivity index (χ0n) is 13.0. The van der Waals surface area contributed by atoms with Crippen molar-refractivity contribution in [2.75, 3.05) is 10.2 Å². The van der Waals surface area contributed by atoms with Gasteiger partial charge in [0.05, 0.1) is 12.1 Å². The quantitative estimate of drug-likeness (QED) is 0.874. The number of benzene rings is 2. The van der Waals surface area contributed by atoms with Crippen molar-refractivity contribution in [1.29, 1.82) is 0 Å². The third kappa shape index (κ3) is 2.94. The first-order valence-electron chi connectivity index (χ1n) is 7.42. The number of nitrogens with one attached hydrogen (secondary N) is 1. The molecule has 5 heteroatoms. The Kier molecular flexibility index (Phi) is 4.09. The van der Waals surface area contributed by atoms with Gasteiger partial charge in [-0.1, -0.05) is 23.7 Å². The molecule has 0 radical (unpaired) electrons. The molecule has 1 atom stereocenters.